The molecule has 0 spiro atoms. The molecule has 0 fully saturated rings. The lowest BCUT2D eigenvalue weighted by Crippen LogP contribution is -2.42. The summed E-state index contributed by atoms with van der Waals surface area (Å²) in [6, 6.07) is -0.0266. The summed E-state index contributed by atoms with van der Waals surface area (Å²) in [6.07, 6.45) is 4.74. The molecule has 1 N–H and O–H groups in total. The van der Waals surface area contributed by atoms with Crippen molar-refractivity contribution in [3.63, 3.8) is 0 Å². The highest BCUT2D eigenvalue weighted by Crippen LogP contribution is 2.09. The average molecular weight is 252 g/mol. The number of aromatic nitrogens is 2. The maximum Gasteiger partial charge on any atom is 0.244 e. The summed E-state index contributed by atoms with van der Waals surface area (Å²) < 4.78 is 1.88. The molecular formula is C13H24N4O. The minimum Gasteiger partial charge on any atom is -0.371 e. The van der Waals surface area contributed by atoms with E-state index in [-0.39, 0.29) is 18.0 Å². The van der Waals surface area contributed by atoms with Crippen molar-refractivity contribution < 1.29 is 4.79 Å². The second-order valence-electron chi connectivity index (χ2n) is 4.90. The normalized spacial score (nSPS) is 12.6. The quantitative estimate of drug-likeness (QED) is 0.842. The van der Waals surface area contributed by atoms with E-state index >= 15 is 0 Å². The summed E-state index contributed by atoms with van der Waals surface area (Å²) in [4.78, 5) is 13.8. The van der Waals surface area contributed by atoms with Crippen molar-refractivity contribution >= 4 is 11.6 Å². The predicted octanol–water partition coefficient (Wildman–Crippen LogP) is 1.96. The van der Waals surface area contributed by atoms with Gasteiger partial charge in [0.25, 0.3) is 0 Å². The van der Waals surface area contributed by atoms with Crippen LogP contribution in [0.15, 0.2) is 12.4 Å². The van der Waals surface area contributed by atoms with Crippen molar-refractivity contribution in [2.75, 3.05) is 12.4 Å². The lowest BCUT2D eigenvalue weighted by molar-refractivity contribution is -0.131. The molecule has 1 aromatic rings. The van der Waals surface area contributed by atoms with Gasteiger partial charge in [0.2, 0.25) is 5.91 Å². The maximum absolute atomic E-state index is 12.1. The van der Waals surface area contributed by atoms with E-state index in [0.29, 0.717) is 0 Å². The standard InChI is InChI=1S/C13H24N4O/c1-6-7-17-9-12(8-14-17)15-11(4)13(18)16(5)10(2)3/h8-11,15H,6-7H2,1-5H3/t11-/m0/s1. The van der Waals surface area contributed by atoms with Gasteiger partial charge in [-0.3, -0.25) is 9.48 Å². The molecule has 0 aliphatic heterocycles. The van der Waals surface area contributed by atoms with Gasteiger partial charge in [0.1, 0.15) is 6.04 Å². The number of rotatable bonds is 6. The van der Waals surface area contributed by atoms with Crippen molar-refractivity contribution in [3.8, 4) is 0 Å². The predicted molar refractivity (Wildman–Crippen MR) is 73.5 cm³/mol. The van der Waals surface area contributed by atoms with Crippen molar-refractivity contribution in [1.82, 2.24) is 14.7 Å². The fraction of sp³-hybridized carbons (Fsp3) is 0.692. The Bertz CT molecular complexity index is 386. The zero-order chi connectivity index (χ0) is 13.7. The van der Waals surface area contributed by atoms with Crippen LogP contribution in [-0.4, -0.2) is 39.7 Å². The van der Waals surface area contributed by atoms with E-state index in [0.717, 1.165) is 18.7 Å². The van der Waals surface area contributed by atoms with Crippen molar-refractivity contribution in [2.45, 2.75) is 52.7 Å². The Morgan fingerprint density at radius 2 is 2.17 bits per heavy atom. The first kappa shape index (κ1) is 14.5. The van der Waals surface area contributed by atoms with Crippen LogP contribution < -0.4 is 5.32 Å². The van der Waals surface area contributed by atoms with Crippen molar-refractivity contribution in [1.29, 1.82) is 0 Å². The van der Waals surface area contributed by atoms with E-state index in [2.05, 4.69) is 17.3 Å². The van der Waals surface area contributed by atoms with Gasteiger partial charge < -0.3 is 10.2 Å². The van der Waals surface area contributed by atoms with Crippen LogP contribution in [0.5, 0.6) is 0 Å². The number of carbonyl (C=O) groups excluding carboxylic acids is 1. The number of likely N-dealkylation sites (N-methyl/N-ethyl adjacent to an activating group) is 1. The van der Waals surface area contributed by atoms with Crippen LogP contribution in [0.1, 0.15) is 34.1 Å². The lowest BCUT2D eigenvalue weighted by Gasteiger charge is -2.25. The van der Waals surface area contributed by atoms with Gasteiger partial charge in [0, 0.05) is 25.8 Å². The fourth-order valence-electron chi connectivity index (χ4n) is 1.66. The number of nitrogens with zero attached hydrogens (tertiary/aromatic N) is 3. The van der Waals surface area contributed by atoms with Gasteiger partial charge in [-0.1, -0.05) is 6.92 Å². The number of aryl methyl sites for hydroxylation is 1. The Balaban J connectivity index is 2.57. The van der Waals surface area contributed by atoms with E-state index in [1.165, 1.54) is 0 Å². The third kappa shape index (κ3) is 3.75. The third-order valence-electron chi connectivity index (χ3n) is 2.96. The van der Waals surface area contributed by atoms with Crippen LogP contribution in [0.2, 0.25) is 0 Å². The minimum atomic E-state index is -0.239. The molecule has 0 unspecified atom stereocenters. The van der Waals surface area contributed by atoms with E-state index in [9.17, 15) is 4.79 Å². The molecule has 1 atom stereocenters. The molecule has 0 aliphatic carbocycles. The molecular weight excluding hydrogens is 228 g/mol. The monoisotopic (exact) mass is 252 g/mol. The first-order valence-electron chi connectivity index (χ1n) is 6.51. The van der Waals surface area contributed by atoms with Gasteiger partial charge in [-0.05, 0) is 27.2 Å². The number of nitrogens with one attached hydrogen (secondary N) is 1. The van der Waals surface area contributed by atoms with Gasteiger partial charge in [-0.2, -0.15) is 5.10 Å². The van der Waals surface area contributed by atoms with E-state index in [1.807, 2.05) is 38.7 Å². The molecule has 0 saturated carbocycles. The van der Waals surface area contributed by atoms with E-state index in [4.69, 9.17) is 0 Å². The van der Waals surface area contributed by atoms with Crippen LogP contribution in [0.25, 0.3) is 0 Å². The van der Waals surface area contributed by atoms with Gasteiger partial charge in [0.15, 0.2) is 0 Å². The molecule has 102 valence electrons. The highest BCUT2D eigenvalue weighted by molar-refractivity contribution is 5.84. The topological polar surface area (TPSA) is 50.2 Å². The van der Waals surface area contributed by atoms with Gasteiger partial charge in [-0.25, -0.2) is 0 Å². The molecule has 1 rings (SSSR count). The maximum atomic E-state index is 12.1. The van der Waals surface area contributed by atoms with Crippen LogP contribution in [0.3, 0.4) is 0 Å². The van der Waals surface area contributed by atoms with E-state index in [1.54, 1.807) is 11.1 Å². The molecule has 1 amide bonds. The summed E-state index contributed by atoms with van der Waals surface area (Å²) in [5.74, 6) is 0.0910. The Morgan fingerprint density at radius 1 is 1.50 bits per heavy atom. The zero-order valence-corrected chi connectivity index (χ0v) is 12.0. The van der Waals surface area contributed by atoms with Crippen LogP contribution in [0, 0.1) is 0 Å². The third-order valence-corrected chi connectivity index (χ3v) is 2.96. The Morgan fingerprint density at radius 3 is 2.72 bits per heavy atom. The van der Waals surface area contributed by atoms with E-state index < -0.39 is 0 Å². The van der Waals surface area contributed by atoms with Crippen LogP contribution in [0.4, 0.5) is 5.69 Å². The zero-order valence-electron chi connectivity index (χ0n) is 12.0. The molecule has 0 radical (unpaired) electrons. The molecule has 0 aliphatic rings. The molecule has 1 heterocycles. The largest absolute Gasteiger partial charge is 0.371 e. The smallest absolute Gasteiger partial charge is 0.244 e. The molecule has 18 heavy (non-hydrogen) atoms. The minimum absolute atomic E-state index is 0.0910. The van der Waals surface area contributed by atoms with Crippen molar-refractivity contribution in [2.24, 2.45) is 0 Å². The number of carbonyl (C=O) groups is 1. The highest BCUT2D eigenvalue weighted by Gasteiger charge is 2.19. The summed E-state index contributed by atoms with van der Waals surface area (Å²) in [5.41, 5.74) is 0.890. The average Bonchev–Trinajstić information content (AvgIpc) is 2.75. The second-order valence-corrected chi connectivity index (χ2v) is 4.90. The number of hydrogen-bond donors (Lipinski definition) is 1. The molecule has 5 heteroatoms. The molecule has 0 saturated heterocycles. The molecule has 1 aromatic heterocycles. The number of amides is 1. The molecule has 5 nitrogen and oxygen atoms in total. The van der Waals surface area contributed by atoms with Crippen LogP contribution >= 0.6 is 0 Å². The summed E-state index contributed by atoms with van der Waals surface area (Å²) in [5, 5.41) is 7.41. The Hall–Kier alpha value is -1.52. The molecule has 0 bridgehead atoms. The summed E-state index contributed by atoms with van der Waals surface area (Å²) in [6.45, 7) is 8.89. The lowest BCUT2D eigenvalue weighted by atomic mass is 10.2. The number of anilines is 1. The van der Waals surface area contributed by atoms with Gasteiger partial charge in [0.05, 0.1) is 11.9 Å². The van der Waals surface area contributed by atoms with Gasteiger partial charge >= 0.3 is 0 Å². The Labute approximate surface area is 109 Å². The van der Waals surface area contributed by atoms with Gasteiger partial charge in [-0.15, -0.1) is 0 Å². The highest BCUT2D eigenvalue weighted by atomic mass is 16.2. The van der Waals surface area contributed by atoms with Crippen LogP contribution in [-0.2, 0) is 11.3 Å². The van der Waals surface area contributed by atoms with Crippen molar-refractivity contribution in [3.05, 3.63) is 12.4 Å². The molecule has 0 aromatic carbocycles. The summed E-state index contributed by atoms with van der Waals surface area (Å²) >= 11 is 0. The first-order chi connectivity index (χ1) is 8.45. The fourth-order valence-corrected chi connectivity index (χ4v) is 1.66. The Kier molecular flexibility index (Phi) is 5.19. The summed E-state index contributed by atoms with van der Waals surface area (Å²) in [7, 11) is 1.83. The first-order valence-corrected chi connectivity index (χ1v) is 6.51. The second kappa shape index (κ2) is 6.42. The number of hydrogen-bond acceptors (Lipinski definition) is 3. The SMILES string of the molecule is CCCn1cc(N[C@@H](C)C(=O)N(C)C(C)C)cn1.